The maximum Gasteiger partial charge on any atom is 0.119 e. The topological polar surface area (TPSA) is 27.1 Å². The molecule has 2 aromatic carbocycles. The van der Waals surface area contributed by atoms with E-state index in [1.54, 1.807) is 7.11 Å². The van der Waals surface area contributed by atoms with Gasteiger partial charge < -0.3 is 9.30 Å². The van der Waals surface area contributed by atoms with Gasteiger partial charge in [-0.2, -0.15) is 0 Å². The van der Waals surface area contributed by atoms with E-state index in [0.29, 0.717) is 6.04 Å². The number of aromatic nitrogens is 2. The minimum Gasteiger partial charge on any atom is -0.497 e. The van der Waals surface area contributed by atoms with Gasteiger partial charge in [0, 0.05) is 17.1 Å². The minimum atomic E-state index is 0.342. The lowest BCUT2D eigenvalue weighted by Crippen LogP contribution is -2.06. The summed E-state index contributed by atoms with van der Waals surface area (Å²) in [6, 6.07) is 18.0. The average molecular weight is 397 g/mol. The summed E-state index contributed by atoms with van der Waals surface area (Å²) in [5.41, 5.74) is 9.15. The zero-order valence-electron chi connectivity index (χ0n) is 18.0. The Kier molecular flexibility index (Phi) is 4.82. The van der Waals surface area contributed by atoms with Crippen LogP contribution in [0, 0.1) is 0 Å². The Morgan fingerprint density at radius 3 is 2.57 bits per heavy atom. The van der Waals surface area contributed by atoms with Crippen LogP contribution in [0.5, 0.6) is 5.75 Å². The average Bonchev–Trinajstić information content (AvgIpc) is 3.40. The molecule has 2 aromatic heterocycles. The summed E-state index contributed by atoms with van der Waals surface area (Å²) in [7, 11) is 1.74. The number of nitrogens with zero attached hydrogens (tertiary/aromatic N) is 2. The third kappa shape index (κ3) is 3.00. The van der Waals surface area contributed by atoms with Crippen LogP contribution in [0.15, 0.2) is 60.9 Å². The number of methoxy groups -OCH3 is 1. The van der Waals surface area contributed by atoms with Crippen molar-refractivity contribution in [3.8, 4) is 17.0 Å². The van der Waals surface area contributed by atoms with Crippen molar-refractivity contribution < 1.29 is 4.74 Å². The molecule has 0 N–H and O–H groups in total. The molecule has 3 nitrogen and oxygen atoms in total. The second-order valence-electron chi connectivity index (χ2n) is 8.13. The second kappa shape index (κ2) is 7.64. The van der Waals surface area contributed by atoms with E-state index in [4.69, 9.17) is 9.72 Å². The summed E-state index contributed by atoms with van der Waals surface area (Å²) in [5, 5.41) is 1.25. The normalized spacial score (nSPS) is 15.5. The molecule has 2 heterocycles. The predicted molar refractivity (Wildman–Crippen MR) is 123 cm³/mol. The van der Waals surface area contributed by atoms with Crippen LogP contribution in [0.25, 0.3) is 22.2 Å². The standard InChI is InChI=1S/C27H28N2O/c1-4-18-7-6-8-19(5-2)27(18)24-15-21-13-14-29(26(21)17-28-24)25-12-10-20-9-11-22(30-3)16-23(20)25/h6-9,11,13-17,25H,4-5,10,12H2,1-3H3. The fraction of sp³-hybridized carbons (Fsp3) is 0.296. The molecule has 152 valence electrons. The zero-order chi connectivity index (χ0) is 20.7. The first-order chi connectivity index (χ1) is 14.7. The monoisotopic (exact) mass is 396 g/mol. The van der Waals surface area contributed by atoms with E-state index in [2.05, 4.69) is 79.3 Å². The molecule has 0 amide bonds. The van der Waals surface area contributed by atoms with E-state index in [1.807, 2.05) is 0 Å². The van der Waals surface area contributed by atoms with Gasteiger partial charge in [0.2, 0.25) is 0 Å². The lowest BCUT2D eigenvalue weighted by Gasteiger charge is -2.17. The number of hydrogen-bond acceptors (Lipinski definition) is 2. The number of hydrogen-bond donors (Lipinski definition) is 0. The quantitative estimate of drug-likeness (QED) is 0.392. The zero-order valence-corrected chi connectivity index (χ0v) is 18.0. The third-order valence-corrected chi connectivity index (χ3v) is 6.60. The first kappa shape index (κ1) is 18.9. The van der Waals surface area contributed by atoms with Gasteiger partial charge in [-0.15, -0.1) is 0 Å². The van der Waals surface area contributed by atoms with Gasteiger partial charge in [-0.25, -0.2) is 0 Å². The van der Waals surface area contributed by atoms with Crippen LogP contribution >= 0.6 is 0 Å². The number of aryl methyl sites for hydroxylation is 3. The number of rotatable bonds is 5. The van der Waals surface area contributed by atoms with Gasteiger partial charge >= 0.3 is 0 Å². The molecule has 1 aliphatic carbocycles. The van der Waals surface area contributed by atoms with Crippen LogP contribution in [-0.2, 0) is 19.3 Å². The third-order valence-electron chi connectivity index (χ3n) is 6.60. The Balaban J connectivity index is 1.59. The minimum absolute atomic E-state index is 0.342. The van der Waals surface area contributed by atoms with Crippen molar-refractivity contribution in [2.75, 3.05) is 7.11 Å². The van der Waals surface area contributed by atoms with Gasteiger partial charge in [0.05, 0.1) is 30.6 Å². The van der Waals surface area contributed by atoms with Gasteiger partial charge in [0.15, 0.2) is 0 Å². The predicted octanol–water partition coefficient (Wildman–Crippen LogP) is 6.37. The van der Waals surface area contributed by atoms with Crippen molar-refractivity contribution in [2.45, 2.75) is 45.6 Å². The second-order valence-corrected chi connectivity index (χ2v) is 8.13. The maximum absolute atomic E-state index is 5.48. The summed E-state index contributed by atoms with van der Waals surface area (Å²) >= 11 is 0. The van der Waals surface area contributed by atoms with Gasteiger partial charge in [-0.05, 0) is 72.2 Å². The van der Waals surface area contributed by atoms with Crippen molar-refractivity contribution >= 4 is 10.9 Å². The highest BCUT2D eigenvalue weighted by atomic mass is 16.5. The molecule has 5 rings (SSSR count). The number of ether oxygens (including phenoxy) is 1. The fourth-order valence-corrected chi connectivity index (χ4v) is 5.01. The van der Waals surface area contributed by atoms with Gasteiger partial charge in [-0.1, -0.05) is 38.1 Å². The van der Waals surface area contributed by atoms with Gasteiger partial charge in [0.25, 0.3) is 0 Å². The highest BCUT2D eigenvalue weighted by Gasteiger charge is 2.25. The lowest BCUT2D eigenvalue weighted by atomic mass is 9.94. The Bertz CT molecular complexity index is 1200. The Morgan fingerprint density at radius 1 is 1.03 bits per heavy atom. The van der Waals surface area contributed by atoms with Gasteiger partial charge in [0.1, 0.15) is 5.75 Å². The molecular weight excluding hydrogens is 368 g/mol. The van der Waals surface area contributed by atoms with Crippen molar-refractivity contribution in [2.24, 2.45) is 0 Å². The molecular formula is C27H28N2O. The van der Waals surface area contributed by atoms with E-state index in [-0.39, 0.29) is 0 Å². The van der Waals surface area contributed by atoms with E-state index in [9.17, 15) is 0 Å². The smallest absolute Gasteiger partial charge is 0.119 e. The number of benzene rings is 2. The van der Waals surface area contributed by atoms with Crippen LogP contribution in [0.1, 0.15) is 48.6 Å². The van der Waals surface area contributed by atoms with Crippen LogP contribution in [0.3, 0.4) is 0 Å². The summed E-state index contributed by atoms with van der Waals surface area (Å²) in [6.07, 6.45) is 8.55. The molecule has 1 aliphatic rings. The summed E-state index contributed by atoms with van der Waals surface area (Å²) in [5.74, 6) is 0.931. The first-order valence-electron chi connectivity index (χ1n) is 11.0. The summed E-state index contributed by atoms with van der Waals surface area (Å²) in [6.45, 7) is 4.44. The van der Waals surface area contributed by atoms with Gasteiger partial charge in [-0.3, -0.25) is 4.98 Å². The fourth-order valence-electron chi connectivity index (χ4n) is 5.01. The molecule has 0 saturated heterocycles. The maximum atomic E-state index is 5.48. The first-order valence-corrected chi connectivity index (χ1v) is 11.0. The van der Waals surface area contributed by atoms with Crippen molar-refractivity contribution in [1.29, 1.82) is 0 Å². The summed E-state index contributed by atoms with van der Waals surface area (Å²) in [4.78, 5) is 4.94. The van der Waals surface area contributed by atoms with E-state index < -0.39 is 0 Å². The van der Waals surface area contributed by atoms with Crippen LogP contribution in [-0.4, -0.2) is 16.7 Å². The molecule has 1 atom stereocenters. The molecule has 0 saturated carbocycles. The molecule has 4 aromatic rings. The molecule has 0 radical (unpaired) electrons. The van der Waals surface area contributed by atoms with Crippen LogP contribution < -0.4 is 4.74 Å². The van der Waals surface area contributed by atoms with Crippen LogP contribution in [0.2, 0.25) is 0 Å². The van der Waals surface area contributed by atoms with E-state index in [1.165, 1.54) is 38.7 Å². The largest absolute Gasteiger partial charge is 0.497 e. The Morgan fingerprint density at radius 2 is 1.83 bits per heavy atom. The molecule has 1 unspecified atom stereocenters. The van der Waals surface area contributed by atoms with Crippen molar-refractivity contribution in [3.63, 3.8) is 0 Å². The van der Waals surface area contributed by atoms with Crippen LogP contribution in [0.4, 0.5) is 0 Å². The lowest BCUT2D eigenvalue weighted by molar-refractivity contribution is 0.413. The highest BCUT2D eigenvalue weighted by Crippen LogP contribution is 2.39. The summed E-state index contributed by atoms with van der Waals surface area (Å²) < 4.78 is 7.87. The molecule has 30 heavy (non-hydrogen) atoms. The Hall–Kier alpha value is -3.07. The van der Waals surface area contributed by atoms with Crippen molar-refractivity contribution in [1.82, 2.24) is 9.55 Å². The Labute approximate surface area is 178 Å². The SMILES string of the molecule is CCc1cccc(CC)c1-c1cc2ccn(C3CCc4ccc(OC)cc43)c2cn1. The molecule has 0 aliphatic heterocycles. The number of fused-ring (bicyclic) bond motifs is 2. The number of pyridine rings is 1. The van der Waals surface area contributed by atoms with Crippen molar-refractivity contribution in [3.05, 3.63) is 83.2 Å². The van der Waals surface area contributed by atoms with E-state index in [0.717, 1.165) is 37.1 Å². The molecule has 0 bridgehead atoms. The van der Waals surface area contributed by atoms with E-state index >= 15 is 0 Å². The molecule has 0 spiro atoms. The highest BCUT2D eigenvalue weighted by molar-refractivity contribution is 5.85. The molecule has 3 heteroatoms. The molecule has 0 fully saturated rings.